The molecule has 1 aliphatic heterocycles. The first kappa shape index (κ1) is 13.6. The van der Waals surface area contributed by atoms with Crippen LogP contribution in [0.25, 0.3) is 6.08 Å². The van der Waals surface area contributed by atoms with Crippen molar-refractivity contribution in [3.63, 3.8) is 0 Å². The van der Waals surface area contributed by atoms with Crippen LogP contribution in [0.2, 0.25) is 0 Å². The summed E-state index contributed by atoms with van der Waals surface area (Å²) in [5, 5.41) is 0. The molecule has 2 atom stereocenters. The van der Waals surface area contributed by atoms with Gasteiger partial charge in [-0.2, -0.15) is 0 Å². The highest BCUT2D eigenvalue weighted by molar-refractivity contribution is 5.87. The zero-order valence-electron chi connectivity index (χ0n) is 11.7. The molecule has 0 amide bonds. The van der Waals surface area contributed by atoms with Crippen LogP contribution >= 0.6 is 0 Å². The summed E-state index contributed by atoms with van der Waals surface area (Å²) >= 11 is 0. The summed E-state index contributed by atoms with van der Waals surface area (Å²) in [5.41, 5.74) is 0.982. The molecule has 106 valence electrons. The van der Waals surface area contributed by atoms with Crippen LogP contribution in [0.1, 0.15) is 17.2 Å². The van der Waals surface area contributed by atoms with E-state index in [1.165, 1.54) is 7.11 Å². The Labute approximate surface area is 123 Å². The van der Waals surface area contributed by atoms with Gasteiger partial charge in [0.1, 0.15) is 6.10 Å². The molecule has 0 radical (unpaired) electrons. The lowest BCUT2D eigenvalue weighted by Crippen LogP contribution is -2.24. The van der Waals surface area contributed by atoms with Crippen molar-refractivity contribution in [2.45, 2.75) is 11.7 Å². The van der Waals surface area contributed by atoms with Gasteiger partial charge in [0.25, 0.3) is 0 Å². The smallest absolute Gasteiger partial charge is 0.345 e. The molecule has 0 bridgehead atoms. The molecule has 0 N–H and O–H groups in total. The highest BCUT2D eigenvalue weighted by Gasteiger charge is 2.62. The fraction of sp³-hybridized carbons (Fsp3) is 0.167. The highest BCUT2D eigenvalue weighted by atomic mass is 16.7. The predicted octanol–water partition coefficient (Wildman–Crippen LogP) is 3.38. The van der Waals surface area contributed by atoms with Crippen LogP contribution in [0.15, 0.2) is 66.7 Å². The number of epoxide rings is 1. The fourth-order valence-electron chi connectivity index (χ4n) is 2.40. The summed E-state index contributed by atoms with van der Waals surface area (Å²) in [7, 11) is 1.38. The summed E-state index contributed by atoms with van der Waals surface area (Å²) in [6.45, 7) is 0. The van der Waals surface area contributed by atoms with E-state index in [-0.39, 0.29) is 12.1 Å². The number of carbonyl (C=O) groups excluding carboxylic acids is 1. The third-order valence-electron chi connectivity index (χ3n) is 3.57. The lowest BCUT2D eigenvalue weighted by molar-refractivity contribution is -0.144. The molecule has 1 fully saturated rings. The molecule has 0 spiro atoms. The Bertz CT molecular complexity index is 649. The third kappa shape index (κ3) is 2.60. The molecular formula is C18H16O3. The summed E-state index contributed by atoms with van der Waals surface area (Å²) in [4.78, 5) is 12.1. The molecule has 0 aliphatic carbocycles. The lowest BCUT2D eigenvalue weighted by atomic mass is 9.98. The van der Waals surface area contributed by atoms with Crippen molar-refractivity contribution >= 4 is 12.0 Å². The van der Waals surface area contributed by atoms with E-state index >= 15 is 0 Å². The number of benzene rings is 2. The molecule has 0 aromatic heterocycles. The van der Waals surface area contributed by atoms with Gasteiger partial charge in [-0.3, -0.25) is 0 Å². The van der Waals surface area contributed by atoms with E-state index < -0.39 is 5.60 Å². The molecule has 1 heterocycles. The van der Waals surface area contributed by atoms with Crippen molar-refractivity contribution in [2.75, 3.05) is 7.11 Å². The minimum absolute atomic E-state index is 0.286. The Balaban J connectivity index is 1.87. The highest BCUT2D eigenvalue weighted by Crippen LogP contribution is 2.51. The van der Waals surface area contributed by atoms with Crippen LogP contribution in [0.4, 0.5) is 0 Å². The summed E-state index contributed by atoms with van der Waals surface area (Å²) in [5.74, 6) is -0.372. The third-order valence-corrected chi connectivity index (χ3v) is 3.57. The maximum absolute atomic E-state index is 12.1. The van der Waals surface area contributed by atoms with Gasteiger partial charge in [-0.25, -0.2) is 4.79 Å². The maximum Gasteiger partial charge on any atom is 0.345 e. The number of methoxy groups -OCH3 is 1. The number of carbonyl (C=O) groups is 1. The Hall–Kier alpha value is -2.39. The summed E-state index contributed by atoms with van der Waals surface area (Å²) in [6, 6.07) is 19.5. The van der Waals surface area contributed by atoms with Crippen molar-refractivity contribution in [3.05, 3.63) is 77.9 Å². The molecular weight excluding hydrogens is 264 g/mol. The molecule has 3 rings (SSSR count). The largest absolute Gasteiger partial charge is 0.467 e. The van der Waals surface area contributed by atoms with Gasteiger partial charge in [0.15, 0.2) is 0 Å². The van der Waals surface area contributed by atoms with E-state index in [0.717, 1.165) is 11.1 Å². The minimum atomic E-state index is -1.01. The van der Waals surface area contributed by atoms with E-state index in [9.17, 15) is 4.79 Å². The standard InChI is InChI=1S/C18H16O3/c1-20-17(19)18(13-12-14-8-4-2-5-9-14)16(21-18)15-10-6-3-7-11-15/h2-13,16H,1H3/b13-12+/t16-,18-/m1/s1. The molecule has 1 aliphatic rings. The SMILES string of the molecule is COC(=O)[C@]1(/C=C/c2ccccc2)O[C@@H]1c1ccccc1. The number of rotatable bonds is 4. The van der Waals surface area contributed by atoms with Gasteiger partial charge in [-0.15, -0.1) is 0 Å². The monoisotopic (exact) mass is 280 g/mol. The summed E-state index contributed by atoms with van der Waals surface area (Å²) < 4.78 is 10.6. The fourth-order valence-corrected chi connectivity index (χ4v) is 2.40. The van der Waals surface area contributed by atoms with Crippen LogP contribution in [-0.2, 0) is 14.3 Å². The van der Waals surface area contributed by atoms with Gasteiger partial charge in [0.2, 0.25) is 5.60 Å². The number of hydrogen-bond donors (Lipinski definition) is 0. The normalized spacial score (nSPS) is 24.0. The van der Waals surface area contributed by atoms with Crippen molar-refractivity contribution in [1.82, 2.24) is 0 Å². The zero-order chi connectivity index (χ0) is 14.7. The number of ether oxygens (including phenoxy) is 2. The molecule has 0 saturated carbocycles. The quantitative estimate of drug-likeness (QED) is 0.636. The van der Waals surface area contributed by atoms with Gasteiger partial charge in [-0.1, -0.05) is 66.7 Å². The van der Waals surface area contributed by atoms with Crippen LogP contribution < -0.4 is 0 Å². The predicted molar refractivity (Wildman–Crippen MR) is 80.5 cm³/mol. The van der Waals surface area contributed by atoms with Gasteiger partial charge in [0, 0.05) is 0 Å². The second kappa shape index (κ2) is 5.54. The van der Waals surface area contributed by atoms with E-state index in [1.54, 1.807) is 6.08 Å². The first-order chi connectivity index (χ1) is 10.3. The topological polar surface area (TPSA) is 38.8 Å². The van der Waals surface area contributed by atoms with Crippen molar-refractivity contribution < 1.29 is 14.3 Å². The lowest BCUT2D eigenvalue weighted by Gasteiger charge is -2.05. The van der Waals surface area contributed by atoms with Crippen LogP contribution in [-0.4, -0.2) is 18.7 Å². The average molecular weight is 280 g/mol. The molecule has 21 heavy (non-hydrogen) atoms. The average Bonchev–Trinajstić information content (AvgIpc) is 3.30. The van der Waals surface area contributed by atoms with E-state index in [2.05, 4.69) is 0 Å². The Kier molecular flexibility index (Phi) is 3.59. The Morgan fingerprint density at radius 2 is 1.71 bits per heavy atom. The number of esters is 1. The van der Waals surface area contributed by atoms with Crippen LogP contribution in [0, 0.1) is 0 Å². The number of hydrogen-bond acceptors (Lipinski definition) is 3. The van der Waals surface area contributed by atoms with Crippen molar-refractivity contribution in [2.24, 2.45) is 0 Å². The van der Waals surface area contributed by atoms with Gasteiger partial charge < -0.3 is 9.47 Å². The van der Waals surface area contributed by atoms with E-state index in [1.807, 2.05) is 66.7 Å². The van der Waals surface area contributed by atoms with E-state index in [4.69, 9.17) is 9.47 Å². The maximum atomic E-state index is 12.1. The second-order valence-electron chi connectivity index (χ2n) is 4.94. The Morgan fingerprint density at radius 3 is 2.33 bits per heavy atom. The first-order valence-corrected chi connectivity index (χ1v) is 6.82. The van der Waals surface area contributed by atoms with Crippen molar-refractivity contribution in [3.8, 4) is 0 Å². The van der Waals surface area contributed by atoms with Crippen LogP contribution in [0.3, 0.4) is 0 Å². The van der Waals surface area contributed by atoms with Gasteiger partial charge >= 0.3 is 5.97 Å². The molecule has 1 saturated heterocycles. The van der Waals surface area contributed by atoms with Crippen LogP contribution in [0.5, 0.6) is 0 Å². The molecule has 2 aromatic carbocycles. The molecule has 3 nitrogen and oxygen atoms in total. The first-order valence-electron chi connectivity index (χ1n) is 6.82. The second-order valence-corrected chi connectivity index (χ2v) is 4.94. The summed E-state index contributed by atoms with van der Waals surface area (Å²) in [6.07, 6.45) is 3.39. The van der Waals surface area contributed by atoms with Crippen molar-refractivity contribution in [1.29, 1.82) is 0 Å². The molecule has 2 aromatic rings. The molecule has 3 heteroatoms. The van der Waals surface area contributed by atoms with E-state index in [0.29, 0.717) is 0 Å². The van der Waals surface area contributed by atoms with Gasteiger partial charge in [0.05, 0.1) is 7.11 Å². The van der Waals surface area contributed by atoms with Gasteiger partial charge in [-0.05, 0) is 17.2 Å². The zero-order valence-corrected chi connectivity index (χ0v) is 11.7. The molecule has 0 unspecified atom stereocenters. The minimum Gasteiger partial charge on any atom is -0.467 e. The Morgan fingerprint density at radius 1 is 1.10 bits per heavy atom.